The predicted octanol–water partition coefficient (Wildman–Crippen LogP) is 16.6. The van der Waals surface area contributed by atoms with Crippen molar-refractivity contribution in [2.75, 3.05) is 4.90 Å². The first-order valence-electron chi connectivity index (χ1n) is 20.1. The first-order chi connectivity index (χ1) is 28.4. The Labute approximate surface area is 345 Å². The quantitative estimate of drug-likeness (QED) is 0.156. The third-order valence-electron chi connectivity index (χ3n) is 11.5. The van der Waals surface area contributed by atoms with Gasteiger partial charge in [0.05, 0.1) is 11.4 Å². The number of para-hydroxylation sites is 2. The maximum absolute atomic E-state index is 2.49. The lowest BCUT2D eigenvalue weighted by Crippen LogP contribution is -2.13. The van der Waals surface area contributed by atoms with Gasteiger partial charge in [0.2, 0.25) is 0 Å². The molecule has 0 spiro atoms. The molecule has 0 N–H and O–H groups in total. The van der Waals surface area contributed by atoms with Gasteiger partial charge in [-0.05, 0) is 85.5 Å². The largest absolute Gasteiger partial charge is 0.309 e. The zero-order valence-corrected chi connectivity index (χ0v) is 33.8. The molecule has 1 aromatic heterocycles. The molecule has 0 saturated carbocycles. The Bertz CT molecular complexity index is 3090. The Balaban J connectivity index is 1.22. The second-order valence-corrected chi connectivity index (χ2v) is 17.2. The normalized spacial score (nSPS) is 11.7. The fourth-order valence-corrected chi connectivity index (χ4v) is 9.82. The molecule has 0 aliphatic heterocycles. The van der Waals surface area contributed by atoms with Crippen molar-refractivity contribution in [3.05, 3.63) is 212 Å². The molecule has 0 aliphatic carbocycles. The summed E-state index contributed by atoms with van der Waals surface area (Å²) in [6.07, 6.45) is 0. The average molecular weight is 762 g/mol. The van der Waals surface area contributed by atoms with Crippen LogP contribution in [-0.4, -0.2) is 0 Å². The molecule has 0 bridgehead atoms. The van der Waals surface area contributed by atoms with E-state index in [1.54, 1.807) is 0 Å². The summed E-state index contributed by atoms with van der Waals surface area (Å²) in [6, 6.07) is 75.8. The molecule has 0 amide bonds. The number of rotatable bonds is 7. The number of anilines is 3. The van der Waals surface area contributed by atoms with Crippen LogP contribution >= 0.6 is 11.3 Å². The first-order valence-corrected chi connectivity index (χ1v) is 20.9. The molecular weight excluding hydrogens is 719 g/mol. The molecular formula is C56H43NS. The Hall–Kier alpha value is -6.74. The summed E-state index contributed by atoms with van der Waals surface area (Å²) < 4.78 is 2.63. The van der Waals surface area contributed by atoms with Gasteiger partial charge in [-0.25, -0.2) is 0 Å². The summed E-state index contributed by atoms with van der Waals surface area (Å²) in [5.41, 5.74) is 14.4. The van der Waals surface area contributed by atoms with Crippen LogP contribution in [0, 0.1) is 0 Å². The number of thiophene rings is 1. The zero-order chi connectivity index (χ0) is 39.2. The molecule has 0 aliphatic rings. The van der Waals surface area contributed by atoms with Gasteiger partial charge in [0, 0.05) is 37.0 Å². The second kappa shape index (κ2) is 14.6. The molecule has 10 rings (SSSR count). The number of nitrogens with zero attached hydrogens (tertiary/aromatic N) is 1. The van der Waals surface area contributed by atoms with Crippen molar-refractivity contribution in [3.63, 3.8) is 0 Å². The highest BCUT2D eigenvalue weighted by Crippen LogP contribution is 2.48. The number of benzene rings is 9. The third kappa shape index (κ3) is 6.36. The van der Waals surface area contributed by atoms with E-state index in [4.69, 9.17) is 0 Å². The van der Waals surface area contributed by atoms with Gasteiger partial charge >= 0.3 is 0 Å². The minimum absolute atomic E-state index is 0.0673. The van der Waals surface area contributed by atoms with Crippen molar-refractivity contribution >= 4 is 59.3 Å². The Morgan fingerprint density at radius 2 is 0.948 bits per heavy atom. The van der Waals surface area contributed by atoms with Gasteiger partial charge in [0.1, 0.15) is 0 Å². The molecule has 278 valence electrons. The minimum Gasteiger partial charge on any atom is -0.309 e. The standard InChI is InChI=1S/C56H43NS/c1-56(2,3)42-35-33-39(34-36-42)44-23-7-10-30-51(44)57(43-22-13-21-41(37-43)46-27-16-29-50-48-25-9-12-32-53(48)58-55(46)50)52-31-11-8-24-47(52)49-28-15-20-40-19-14-26-45(54(40)49)38-17-5-4-6-18-38/h4-37H,1-3H3. The molecule has 0 radical (unpaired) electrons. The molecule has 58 heavy (non-hydrogen) atoms. The van der Waals surface area contributed by atoms with E-state index >= 15 is 0 Å². The topological polar surface area (TPSA) is 3.24 Å². The van der Waals surface area contributed by atoms with Crippen LogP contribution < -0.4 is 4.90 Å². The fourth-order valence-electron chi connectivity index (χ4n) is 8.58. The van der Waals surface area contributed by atoms with E-state index in [1.807, 2.05) is 11.3 Å². The van der Waals surface area contributed by atoms with Gasteiger partial charge in [-0.3, -0.25) is 0 Å². The van der Waals surface area contributed by atoms with E-state index in [9.17, 15) is 0 Å². The molecule has 0 atom stereocenters. The van der Waals surface area contributed by atoms with E-state index in [2.05, 4.69) is 232 Å². The lowest BCUT2D eigenvalue weighted by atomic mass is 9.86. The van der Waals surface area contributed by atoms with Crippen LogP contribution in [0.15, 0.2) is 206 Å². The Kier molecular flexibility index (Phi) is 9.00. The molecule has 1 heterocycles. The van der Waals surface area contributed by atoms with E-state index in [0.717, 1.165) is 17.1 Å². The van der Waals surface area contributed by atoms with Crippen molar-refractivity contribution < 1.29 is 0 Å². The Morgan fingerprint density at radius 3 is 1.72 bits per heavy atom. The zero-order valence-electron chi connectivity index (χ0n) is 33.0. The minimum atomic E-state index is 0.0673. The molecule has 0 unspecified atom stereocenters. The van der Waals surface area contributed by atoms with E-state index in [-0.39, 0.29) is 5.41 Å². The second-order valence-electron chi connectivity index (χ2n) is 16.1. The van der Waals surface area contributed by atoms with Gasteiger partial charge in [-0.15, -0.1) is 11.3 Å². The van der Waals surface area contributed by atoms with Crippen LogP contribution in [0.25, 0.3) is 75.5 Å². The Morgan fingerprint density at radius 1 is 0.397 bits per heavy atom. The van der Waals surface area contributed by atoms with Crippen molar-refractivity contribution in [2.24, 2.45) is 0 Å². The van der Waals surface area contributed by atoms with Gasteiger partial charge in [0.15, 0.2) is 0 Å². The highest BCUT2D eigenvalue weighted by Gasteiger charge is 2.23. The lowest BCUT2D eigenvalue weighted by Gasteiger charge is -2.30. The predicted molar refractivity (Wildman–Crippen MR) is 252 cm³/mol. The third-order valence-corrected chi connectivity index (χ3v) is 12.7. The molecule has 10 aromatic rings. The van der Waals surface area contributed by atoms with Crippen molar-refractivity contribution in [2.45, 2.75) is 26.2 Å². The molecule has 2 heteroatoms. The van der Waals surface area contributed by atoms with E-state index in [1.165, 1.54) is 81.0 Å². The van der Waals surface area contributed by atoms with Crippen LogP contribution in [0.1, 0.15) is 26.3 Å². The van der Waals surface area contributed by atoms with Crippen LogP contribution in [0.3, 0.4) is 0 Å². The number of hydrogen-bond acceptors (Lipinski definition) is 2. The van der Waals surface area contributed by atoms with Gasteiger partial charge in [0.25, 0.3) is 0 Å². The highest BCUT2D eigenvalue weighted by atomic mass is 32.1. The summed E-state index contributed by atoms with van der Waals surface area (Å²) in [5, 5.41) is 5.09. The maximum Gasteiger partial charge on any atom is 0.0540 e. The molecule has 9 aromatic carbocycles. The van der Waals surface area contributed by atoms with Crippen LogP contribution in [0.4, 0.5) is 17.1 Å². The van der Waals surface area contributed by atoms with Crippen molar-refractivity contribution in [1.29, 1.82) is 0 Å². The van der Waals surface area contributed by atoms with Gasteiger partial charge in [-0.1, -0.05) is 197 Å². The lowest BCUT2D eigenvalue weighted by molar-refractivity contribution is 0.590. The van der Waals surface area contributed by atoms with Crippen LogP contribution in [-0.2, 0) is 5.41 Å². The van der Waals surface area contributed by atoms with Crippen LogP contribution in [0.2, 0.25) is 0 Å². The van der Waals surface area contributed by atoms with Crippen molar-refractivity contribution in [3.8, 4) is 44.5 Å². The maximum atomic E-state index is 2.49. The number of hydrogen-bond donors (Lipinski definition) is 0. The average Bonchev–Trinajstić information content (AvgIpc) is 3.66. The fraction of sp³-hybridized carbons (Fsp3) is 0.0714. The van der Waals surface area contributed by atoms with E-state index < -0.39 is 0 Å². The summed E-state index contributed by atoms with van der Waals surface area (Å²) >= 11 is 1.88. The number of fused-ring (bicyclic) bond motifs is 4. The first kappa shape index (κ1) is 35.7. The summed E-state index contributed by atoms with van der Waals surface area (Å²) in [7, 11) is 0. The highest BCUT2D eigenvalue weighted by molar-refractivity contribution is 7.26. The van der Waals surface area contributed by atoms with E-state index in [0.29, 0.717) is 0 Å². The van der Waals surface area contributed by atoms with Crippen LogP contribution in [0.5, 0.6) is 0 Å². The molecule has 0 saturated heterocycles. The van der Waals surface area contributed by atoms with Crippen molar-refractivity contribution in [1.82, 2.24) is 0 Å². The summed E-state index contributed by atoms with van der Waals surface area (Å²) in [6.45, 7) is 6.83. The van der Waals surface area contributed by atoms with Gasteiger partial charge < -0.3 is 4.90 Å². The molecule has 0 fully saturated rings. The SMILES string of the molecule is CC(C)(C)c1ccc(-c2ccccc2N(c2cccc(-c3cccc4c3sc3ccccc34)c2)c2ccccc2-c2cccc3cccc(-c4ccccc4)c23)cc1. The molecule has 1 nitrogen and oxygen atoms in total. The smallest absolute Gasteiger partial charge is 0.0540 e. The summed E-state index contributed by atoms with van der Waals surface area (Å²) in [5.74, 6) is 0. The van der Waals surface area contributed by atoms with Gasteiger partial charge in [-0.2, -0.15) is 0 Å². The monoisotopic (exact) mass is 761 g/mol. The summed E-state index contributed by atoms with van der Waals surface area (Å²) in [4.78, 5) is 2.49.